The second kappa shape index (κ2) is 7.17. The summed E-state index contributed by atoms with van der Waals surface area (Å²) >= 11 is 0. The van der Waals surface area contributed by atoms with Crippen molar-refractivity contribution in [2.75, 3.05) is 43.4 Å². The van der Waals surface area contributed by atoms with Gasteiger partial charge in [0, 0.05) is 37.6 Å². The average molecular weight is 287 g/mol. The predicted molar refractivity (Wildman–Crippen MR) is 90.7 cm³/mol. The molecule has 0 spiro atoms. The van der Waals surface area contributed by atoms with Crippen LogP contribution in [-0.4, -0.2) is 37.6 Å². The highest BCUT2D eigenvalue weighted by Gasteiger charge is 2.19. The van der Waals surface area contributed by atoms with E-state index in [-0.39, 0.29) is 0 Å². The van der Waals surface area contributed by atoms with Crippen molar-refractivity contribution < 1.29 is 0 Å². The molecule has 1 aliphatic heterocycles. The molecule has 3 heteroatoms. The van der Waals surface area contributed by atoms with Gasteiger partial charge in [0.1, 0.15) is 0 Å². The van der Waals surface area contributed by atoms with Gasteiger partial charge in [-0.05, 0) is 43.1 Å². The molecule has 2 N–H and O–H groups in total. The van der Waals surface area contributed by atoms with Crippen molar-refractivity contribution in [2.45, 2.75) is 38.5 Å². The van der Waals surface area contributed by atoms with Crippen LogP contribution in [0, 0.1) is 5.92 Å². The van der Waals surface area contributed by atoms with E-state index in [1.54, 1.807) is 0 Å². The summed E-state index contributed by atoms with van der Waals surface area (Å²) in [6.45, 7) is 6.01. The maximum Gasteiger partial charge on any atom is 0.0368 e. The number of nitrogens with zero attached hydrogens (tertiary/aromatic N) is 2. The number of anilines is 2. The van der Waals surface area contributed by atoms with Crippen LogP contribution in [0.4, 0.5) is 11.4 Å². The number of piperazine rings is 1. The Labute approximate surface area is 129 Å². The fourth-order valence-electron chi connectivity index (χ4n) is 3.76. The van der Waals surface area contributed by atoms with Crippen molar-refractivity contribution in [1.29, 1.82) is 0 Å². The zero-order valence-corrected chi connectivity index (χ0v) is 13.1. The number of benzene rings is 1. The molecule has 1 saturated carbocycles. The van der Waals surface area contributed by atoms with Crippen LogP contribution >= 0.6 is 0 Å². The summed E-state index contributed by atoms with van der Waals surface area (Å²) in [5.74, 6) is 1.01. The Hall–Kier alpha value is -1.22. The molecule has 2 fully saturated rings. The third-order valence-electron chi connectivity index (χ3n) is 5.21. The van der Waals surface area contributed by atoms with Crippen molar-refractivity contribution in [2.24, 2.45) is 5.92 Å². The summed E-state index contributed by atoms with van der Waals surface area (Å²) < 4.78 is 0. The second-order valence-electron chi connectivity index (χ2n) is 6.71. The van der Waals surface area contributed by atoms with E-state index in [1.165, 1.54) is 63.8 Å². The van der Waals surface area contributed by atoms with Gasteiger partial charge in [-0.25, -0.2) is 0 Å². The molecule has 1 saturated heterocycles. The largest absolute Gasteiger partial charge is 0.399 e. The van der Waals surface area contributed by atoms with Crippen molar-refractivity contribution in [1.82, 2.24) is 4.90 Å². The van der Waals surface area contributed by atoms with E-state index in [2.05, 4.69) is 21.9 Å². The second-order valence-corrected chi connectivity index (χ2v) is 6.71. The maximum absolute atomic E-state index is 5.76. The highest BCUT2D eigenvalue weighted by Crippen LogP contribution is 2.26. The van der Waals surface area contributed by atoms with Crippen molar-refractivity contribution in [3.8, 4) is 0 Å². The lowest BCUT2D eigenvalue weighted by atomic mass is 9.87. The zero-order valence-electron chi connectivity index (χ0n) is 13.1. The molecule has 0 atom stereocenters. The molecule has 0 radical (unpaired) electrons. The number of hydrogen-bond donors (Lipinski definition) is 1. The van der Waals surface area contributed by atoms with E-state index >= 15 is 0 Å². The van der Waals surface area contributed by atoms with Crippen LogP contribution in [0.1, 0.15) is 38.5 Å². The standard InChI is InChI=1S/C18H29N3/c19-17-6-8-18(9-7-17)21-14-12-20(13-15-21)11-10-16-4-2-1-3-5-16/h6-9,16H,1-5,10-15,19H2. The quantitative estimate of drug-likeness (QED) is 0.862. The van der Waals surface area contributed by atoms with E-state index in [9.17, 15) is 0 Å². The van der Waals surface area contributed by atoms with Gasteiger partial charge in [-0.3, -0.25) is 4.90 Å². The summed E-state index contributed by atoms with van der Waals surface area (Å²) in [5, 5.41) is 0. The molecule has 0 aromatic heterocycles. The lowest BCUT2D eigenvalue weighted by molar-refractivity contribution is 0.221. The highest BCUT2D eigenvalue weighted by molar-refractivity contribution is 5.53. The molecule has 1 aromatic carbocycles. The van der Waals surface area contributed by atoms with Gasteiger partial charge in [0.2, 0.25) is 0 Å². The number of nitrogens with two attached hydrogens (primary N) is 1. The summed E-state index contributed by atoms with van der Waals surface area (Å²) in [4.78, 5) is 5.14. The molecule has 3 nitrogen and oxygen atoms in total. The Balaban J connectivity index is 1.41. The van der Waals surface area contributed by atoms with Crippen LogP contribution in [0.15, 0.2) is 24.3 Å². The third kappa shape index (κ3) is 4.13. The molecular weight excluding hydrogens is 258 g/mol. The normalized spacial score (nSPS) is 21.6. The van der Waals surface area contributed by atoms with E-state index in [0.29, 0.717) is 0 Å². The molecule has 1 heterocycles. The van der Waals surface area contributed by atoms with Crippen molar-refractivity contribution in [3.05, 3.63) is 24.3 Å². The van der Waals surface area contributed by atoms with Gasteiger partial charge >= 0.3 is 0 Å². The lowest BCUT2D eigenvalue weighted by Gasteiger charge is -2.37. The Morgan fingerprint density at radius 1 is 0.905 bits per heavy atom. The maximum atomic E-state index is 5.76. The van der Waals surface area contributed by atoms with Gasteiger partial charge in [0.05, 0.1) is 0 Å². The van der Waals surface area contributed by atoms with Gasteiger partial charge in [0.15, 0.2) is 0 Å². The minimum absolute atomic E-state index is 0.852. The van der Waals surface area contributed by atoms with Crippen molar-refractivity contribution in [3.63, 3.8) is 0 Å². The zero-order chi connectivity index (χ0) is 14.5. The predicted octanol–water partition coefficient (Wildman–Crippen LogP) is 3.36. The summed E-state index contributed by atoms with van der Waals surface area (Å²) in [6.07, 6.45) is 8.78. The van der Waals surface area contributed by atoms with Gasteiger partial charge in [0.25, 0.3) is 0 Å². The molecule has 2 aliphatic rings. The Morgan fingerprint density at radius 3 is 2.24 bits per heavy atom. The monoisotopic (exact) mass is 287 g/mol. The Kier molecular flexibility index (Phi) is 5.02. The average Bonchev–Trinajstić information content (AvgIpc) is 2.55. The van der Waals surface area contributed by atoms with Gasteiger partial charge in [-0.15, -0.1) is 0 Å². The third-order valence-corrected chi connectivity index (χ3v) is 5.21. The van der Waals surface area contributed by atoms with Crippen LogP contribution in [0.25, 0.3) is 0 Å². The molecule has 3 rings (SSSR count). The molecular formula is C18H29N3. The summed E-state index contributed by atoms with van der Waals surface area (Å²) in [6, 6.07) is 8.30. The molecule has 21 heavy (non-hydrogen) atoms. The Morgan fingerprint density at radius 2 is 1.57 bits per heavy atom. The van der Waals surface area contributed by atoms with E-state index in [0.717, 1.165) is 24.7 Å². The van der Waals surface area contributed by atoms with Gasteiger partial charge in [-0.2, -0.15) is 0 Å². The fourth-order valence-corrected chi connectivity index (χ4v) is 3.76. The highest BCUT2D eigenvalue weighted by atomic mass is 15.3. The van der Waals surface area contributed by atoms with Crippen LogP contribution in [0.3, 0.4) is 0 Å². The fraction of sp³-hybridized carbons (Fsp3) is 0.667. The van der Waals surface area contributed by atoms with Crippen LogP contribution in [-0.2, 0) is 0 Å². The molecule has 1 aliphatic carbocycles. The van der Waals surface area contributed by atoms with Crippen LogP contribution in [0.2, 0.25) is 0 Å². The molecule has 1 aromatic rings. The molecule has 116 valence electrons. The molecule has 0 amide bonds. The van der Waals surface area contributed by atoms with Gasteiger partial charge < -0.3 is 10.6 Å². The number of hydrogen-bond acceptors (Lipinski definition) is 3. The first-order valence-corrected chi connectivity index (χ1v) is 8.64. The van der Waals surface area contributed by atoms with E-state index in [4.69, 9.17) is 5.73 Å². The first-order chi connectivity index (χ1) is 10.3. The van der Waals surface area contributed by atoms with E-state index in [1.807, 2.05) is 12.1 Å². The van der Waals surface area contributed by atoms with Crippen LogP contribution in [0.5, 0.6) is 0 Å². The van der Waals surface area contributed by atoms with Crippen molar-refractivity contribution >= 4 is 11.4 Å². The lowest BCUT2D eigenvalue weighted by Crippen LogP contribution is -2.46. The van der Waals surface area contributed by atoms with E-state index < -0.39 is 0 Å². The first kappa shape index (κ1) is 14.7. The Bertz CT molecular complexity index is 415. The SMILES string of the molecule is Nc1ccc(N2CCN(CCC3CCCCC3)CC2)cc1. The minimum Gasteiger partial charge on any atom is -0.399 e. The smallest absolute Gasteiger partial charge is 0.0368 e. The number of nitrogen functional groups attached to an aromatic ring is 1. The topological polar surface area (TPSA) is 32.5 Å². The van der Waals surface area contributed by atoms with Gasteiger partial charge in [-0.1, -0.05) is 32.1 Å². The minimum atomic E-state index is 0.852. The number of rotatable bonds is 4. The summed E-state index contributed by atoms with van der Waals surface area (Å²) in [7, 11) is 0. The summed E-state index contributed by atoms with van der Waals surface area (Å²) in [5.41, 5.74) is 7.93. The molecule has 0 bridgehead atoms. The first-order valence-electron chi connectivity index (χ1n) is 8.64. The van der Waals surface area contributed by atoms with Crippen LogP contribution < -0.4 is 10.6 Å². The molecule has 0 unspecified atom stereocenters.